The van der Waals surface area contributed by atoms with Crippen LogP contribution in [0, 0.1) is 17.0 Å². The minimum absolute atomic E-state index is 0.00776. The van der Waals surface area contributed by atoms with E-state index in [2.05, 4.69) is 4.99 Å². The van der Waals surface area contributed by atoms with Gasteiger partial charge < -0.3 is 13.9 Å². The van der Waals surface area contributed by atoms with E-state index >= 15 is 0 Å². The number of nitro groups is 1. The number of furan rings is 1. The Labute approximate surface area is 242 Å². The molecule has 1 unspecified atom stereocenters. The van der Waals surface area contributed by atoms with Gasteiger partial charge in [0, 0.05) is 35.9 Å². The second-order valence-corrected chi connectivity index (χ2v) is 10.7. The monoisotopic (exact) mass is 593 g/mol. The number of fused-ring (bicyclic) bond motifs is 1. The van der Waals surface area contributed by atoms with Crippen LogP contribution in [0.5, 0.6) is 0 Å². The third-order valence-corrected chi connectivity index (χ3v) is 7.77. The van der Waals surface area contributed by atoms with Crippen LogP contribution in [0.1, 0.15) is 29.9 Å². The number of nitrogens with zero attached hydrogens (tertiary/aromatic N) is 3. The number of carbonyl (C=O) groups is 1. The Hall–Kier alpha value is -4.32. The molecule has 0 N–H and O–H groups in total. The minimum atomic E-state index is -0.782. The largest absolute Gasteiger partial charge is 0.460 e. The number of halogens is 1. The highest BCUT2D eigenvalue weighted by atomic mass is 35.5. The molecule has 210 valence electrons. The minimum Gasteiger partial charge on any atom is -0.460 e. The number of nitro benzene ring substituents is 1. The number of non-ortho nitro benzene ring substituents is 1. The van der Waals surface area contributed by atoms with E-state index in [-0.39, 0.29) is 30.0 Å². The summed E-state index contributed by atoms with van der Waals surface area (Å²) in [6.45, 7) is 3.75. The molecule has 1 aliphatic heterocycles. The molecule has 0 aliphatic carbocycles. The fourth-order valence-corrected chi connectivity index (χ4v) is 5.73. The molecular weight excluding hydrogens is 570 g/mol. The van der Waals surface area contributed by atoms with Crippen LogP contribution in [-0.2, 0) is 14.3 Å². The van der Waals surface area contributed by atoms with Crippen molar-refractivity contribution in [2.24, 2.45) is 4.99 Å². The van der Waals surface area contributed by atoms with E-state index in [9.17, 15) is 19.7 Å². The standard InChI is InChI=1S/C29H24ClN3O7S/c1-16-14-20(33(36)37)8-10-22(16)23-11-9-21(40-23)15-24-27(34)32-26(18-4-6-19(30)7-5-18)25(17(2)31-29(32)41-24)28(35)39-13-12-38-3/h4-11,14-15,26H,12-13H2,1-3H3. The van der Waals surface area contributed by atoms with Crippen molar-refractivity contribution >= 4 is 40.7 Å². The first-order valence-electron chi connectivity index (χ1n) is 12.5. The second kappa shape index (κ2) is 11.7. The van der Waals surface area contributed by atoms with Crippen LogP contribution in [0.3, 0.4) is 0 Å². The highest BCUT2D eigenvalue weighted by molar-refractivity contribution is 7.07. The van der Waals surface area contributed by atoms with E-state index in [4.69, 9.17) is 25.5 Å². The Morgan fingerprint density at radius 2 is 1.93 bits per heavy atom. The van der Waals surface area contributed by atoms with Crippen molar-refractivity contribution in [1.29, 1.82) is 0 Å². The van der Waals surface area contributed by atoms with Gasteiger partial charge in [0.1, 0.15) is 18.1 Å². The summed E-state index contributed by atoms with van der Waals surface area (Å²) in [5.41, 5.74) is 2.38. The molecule has 0 saturated heterocycles. The first-order valence-corrected chi connectivity index (χ1v) is 13.7. The van der Waals surface area contributed by atoms with Crippen LogP contribution in [0.2, 0.25) is 5.02 Å². The summed E-state index contributed by atoms with van der Waals surface area (Å²) in [5.74, 6) is 0.333. The molecule has 41 heavy (non-hydrogen) atoms. The molecule has 1 aliphatic rings. The van der Waals surface area contributed by atoms with Gasteiger partial charge in [-0.2, -0.15) is 0 Å². The van der Waals surface area contributed by atoms with Gasteiger partial charge in [-0.05, 0) is 55.3 Å². The van der Waals surface area contributed by atoms with E-state index in [0.29, 0.717) is 48.3 Å². The highest BCUT2D eigenvalue weighted by Gasteiger charge is 2.33. The molecule has 0 bridgehead atoms. The summed E-state index contributed by atoms with van der Waals surface area (Å²) in [6, 6.07) is 14.1. The van der Waals surface area contributed by atoms with E-state index < -0.39 is 16.9 Å². The molecule has 0 radical (unpaired) electrons. The van der Waals surface area contributed by atoms with Crippen LogP contribution in [-0.4, -0.2) is 35.8 Å². The second-order valence-electron chi connectivity index (χ2n) is 9.22. The molecule has 2 aromatic carbocycles. The molecule has 3 heterocycles. The molecule has 0 amide bonds. The first-order chi connectivity index (χ1) is 19.7. The number of hydrogen-bond donors (Lipinski definition) is 0. The van der Waals surface area contributed by atoms with E-state index in [1.54, 1.807) is 62.4 Å². The predicted molar refractivity (Wildman–Crippen MR) is 154 cm³/mol. The van der Waals surface area contributed by atoms with E-state index in [1.807, 2.05) is 0 Å². The predicted octanol–water partition coefficient (Wildman–Crippen LogP) is 4.55. The molecule has 12 heteroatoms. The maximum Gasteiger partial charge on any atom is 0.338 e. The van der Waals surface area contributed by atoms with E-state index in [1.165, 1.54) is 35.1 Å². The number of carbonyl (C=O) groups excluding carboxylic acids is 1. The number of aromatic nitrogens is 1. The molecule has 0 spiro atoms. The third kappa shape index (κ3) is 5.64. The van der Waals surface area contributed by atoms with Gasteiger partial charge >= 0.3 is 5.97 Å². The zero-order valence-corrected chi connectivity index (χ0v) is 23.8. The molecule has 5 rings (SSSR count). The average Bonchev–Trinajstić information content (AvgIpc) is 3.52. The number of allylic oxidation sites excluding steroid dienone is 1. The SMILES string of the molecule is COCCOC(=O)C1=C(C)N=c2sc(=Cc3ccc(-c4ccc([N+](=O)[O-])cc4C)o3)c(=O)n2C1c1ccc(Cl)cc1. The Balaban J connectivity index is 1.57. The Morgan fingerprint density at radius 1 is 1.17 bits per heavy atom. The third-order valence-electron chi connectivity index (χ3n) is 6.53. The van der Waals surface area contributed by atoms with Gasteiger partial charge in [0.15, 0.2) is 4.80 Å². The normalized spacial score (nSPS) is 15.0. The van der Waals surface area contributed by atoms with Crippen molar-refractivity contribution < 1.29 is 23.6 Å². The van der Waals surface area contributed by atoms with Crippen LogP contribution in [0.4, 0.5) is 5.69 Å². The summed E-state index contributed by atoms with van der Waals surface area (Å²) >= 11 is 7.29. The quantitative estimate of drug-likeness (QED) is 0.127. The van der Waals surface area contributed by atoms with Crippen molar-refractivity contribution in [3.63, 3.8) is 0 Å². The summed E-state index contributed by atoms with van der Waals surface area (Å²) in [7, 11) is 1.51. The van der Waals surface area contributed by atoms with Crippen molar-refractivity contribution in [2.45, 2.75) is 19.9 Å². The number of esters is 1. The summed E-state index contributed by atoms with van der Waals surface area (Å²) in [4.78, 5) is 42.6. The Bertz CT molecular complexity index is 1870. The molecule has 0 saturated carbocycles. The van der Waals surface area contributed by atoms with Crippen molar-refractivity contribution in [2.75, 3.05) is 20.3 Å². The number of aryl methyl sites for hydroxylation is 1. The number of hydrogen-bond acceptors (Lipinski definition) is 9. The maximum atomic E-state index is 13.8. The van der Waals surface area contributed by atoms with Gasteiger partial charge in [0.25, 0.3) is 11.2 Å². The maximum absolute atomic E-state index is 13.8. The summed E-state index contributed by atoms with van der Waals surface area (Å²) in [5, 5.41) is 11.6. The summed E-state index contributed by atoms with van der Waals surface area (Å²) in [6.07, 6.45) is 1.61. The van der Waals surface area contributed by atoms with Crippen LogP contribution < -0.4 is 14.9 Å². The van der Waals surface area contributed by atoms with Crippen molar-refractivity contribution in [3.8, 4) is 11.3 Å². The summed E-state index contributed by atoms with van der Waals surface area (Å²) < 4.78 is 18.2. The van der Waals surface area contributed by atoms with Gasteiger partial charge in [-0.25, -0.2) is 9.79 Å². The van der Waals surface area contributed by atoms with Crippen molar-refractivity contribution in [3.05, 3.63) is 118 Å². The molecule has 0 fully saturated rings. The number of thiazole rings is 1. The molecule has 1 atom stereocenters. The number of methoxy groups -OCH3 is 1. The molecular formula is C29H24ClN3O7S. The van der Waals surface area contributed by atoms with Gasteiger partial charge in [-0.1, -0.05) is 35.1 Å². The number of ether oxygens (including phenoxy) is 2. The lowest BCUT2D eigenvalue weighted by Gasteiger charge is -2.24. The number of rotatable bonds is 8. The van der Waals surface area contributed by atoms with Crippen molar-refractivity contribution in [1.82, 2.24) is 4.57 Å². The molecule has 10 nitrogen and oxygen atoms in total. The van der Waals surface area contributed by atoms with E-state index in [0.717, 1.165) is 0 Å². The van der Waals surface area contributed by atoms with Gasteiger partial charge in [0.05, 0.1) is 33.4 Å². The van der Waals surface area contributed by atoms with Crippen LogP contribution in [0.15, 0.2) is 80.1 Å². The first kappa shape index (κ1) is 28.2. The molecule has 2 aromatic heterocycles. The van der Waals surface area contributed by atoms with Gasteiger partial charge in [-0.15, -0.1) is 0 Å². The lowest BCUT2D eigenvalue weighted by Crippen LogP contribution is -2.40. The lowest BCUT2D eigenvalue weighted by atomic mass is 9.96. The number of benzene rings is 2. The van der Waals surface area contributed by atoms with Crippen LogP contribution in [0.25, 0.3) is 17.4 Å². The Kier molecular flexibility index (Phi) is 8.02. The fourth-order valence-electron chi connectivity index (χ4n) is 4.58. The van der Waals surface area contributed by atoms with Crippen LogP contribution >= 0.6 is 22.9 Å². The zero-order chi connectivity index (χ0) is 29.3. The topological polar surface area (TPSA) is 126 Å². The lowest BCUT2D eigenvalue weighted by molar-refractivity contribution is -0.384. The molecule has 4 aromatic rings. The smallest absolute Gasteiger partial charge is 0.338 e. The zero-order valence-electron chi connectivity index (χ0n) is 22.3. The van der Waals surface area contributed by atoms with Gasteiger partial charge in [-0.3, -0.25) is 19.5 Å². The van der Waals surface area contributed by atoms with Gasteiger partial charge in [0.2, 0.25) is 0 Å². The average molecular weight is 594 g/mol. The highest BCUT2D eigenvalue weighted by Crippen LogP contribution is 2.32. The fraction of sp³-hybridized carbons (Fsp3) is 0.207. The Morgan fingerprint density at radius 3 is 2.61 bits per heavy atom.